The van der Waals surface area contributed by atoms with Crippen molar-refractivity contribution in [1.29, 1.82) is 0 Å². The molecule has 7 heteroatoms. The van der Waals surface area contributed by atoms with E-state index < -0.39 is 5.82 Å². The average molecular weight is 340 g/mol. The first-order chi connectivity index (χ1) is 12.2. The number of hydrogen-bond donors (Lipinski definition) is 0. The Morgan fingerprint density at radius 2 is 1.96 bits per heavy atom. The molecular weight excluding hydrogens is 323 g/mol. The van der Waals surface area contributed by atoms with Crippen LogP contribution in [0.3, 0.4) is 0 Å². The number of hydrazone groups is 1. The van der Waals surface area contributed by atoms with Crippen LogP contribution in [0.4, 0.5) is 9.18 Å². The van der Waals surface area contributed by atoms with Gasteiger partial charge < -0.3 is 9.64 Å². The van der Waals surface area contributed by atoms with Crippen LogP contribution in [0.2, 0.25) is 0 Å². The quantitative estimate of drug-likeness (QED) is 0.863. The van der Waals surface area contributed by atoms with Crippen molar-refractivity contribution in [3.63, 3.8) is 0 Å². The number of amides is 2. The molecule has 1 fully saturated rings. The Morgan fingerprint density at radius 1 is 1.16 bits per heavy atom. The number of nitrogens with zero attached hydrogens (tertiary/aromatic N) is 4. The number of carbonyl (C=O) groups is 1. The van der Waals surface area contributed by atoms with Gasteiger partial charge in [-0.05, 0) is 11.6 Å². The van der Waals surface area contributed by atoms with Gasteiger partial charge in [0.15, 0.2) is 0 Å². The van der Waals surface area contributed by atoms with Crippen molar-refractivity contribution in [3.8, 4) is 5.88 Å². The predicted molar refractivity (Wildman–Crippen MR) is 89.7 cm³/mol. The molecule has 0 saturated carbocycles. The molecule has 0 radical (unpaired) electrons. The monoisotopic (exact) mass is 340 g/mol. The van der Waals surface area contributed by atoms with Crippen LogP contribution >= 0.6 is 0 Å². The third kappa shape index (κ3) is 3.17. The molecule has 4 rings (SSSR count). The van der Waals surface area contributed by atoms with Crippen LogP contribution < -0.4 is 4.74 Å². The Morgan fingerprint density at radius 3 is 2.68 bits per heavy atom. The largest absolute Gasteiger partial charge is 0.471 e. The van der Waals surface area contributed by atoms with Gasteiger partial charge in [-0.1, -0.05) is 30.3 Å². The lowest BCUT2D eigenvalue weighted by atomic mass is 10.0. The lowest BCUT2D eigenvalue weighted by Gasteiger charge is -2.40. The number of benzene rings is 1. The van der Waals surface area contributed by atoms with E-state index in [0.717, 1.165) is 11.8 Å². The average Bonchev–Trinajstić information content (AvgIpc) is 3.09. The van der Waals surface area contributed by atoms with E-state index in [0.29, 0.717) is 25.4 Å². The molecule has 1 aromatic heterocycles. The van der Waals surface area contributed by atoms with Crippen molar-refractivity contribution < 1.29 is 13.9 Å². The standard InChI is InChI=1S/C18H17FN4O2/c19-14-6-7-17(20-10-14)25-15-11-22(12-15)18(24)23-16(8-9-21-23)13-4-2-1-3-5-13/h1-7,9-10,15-16H,8,11-12H2. The number of urea groups is 1. The minimum Gasteiger partial charge on any atom is -0.471 e. The van der Waals surface area contributed by atoms with E-state index in [1.54, 1.807) is 11.1 Å². The van der Waals surface area contributed by atoms with E-state index in [4.69, 9.17) is 4.74 Å². The Hall–Kier alpha value is -2.96. The summed E-state index contributed by atoms with van der Waals surface area (Å²) in [5, 5.41) is 5.77. The molecule has 2 aliphatic rings. The smallest absolute Gasteiger partial charge is 0.341 e. The van der Waals surface area contributed by atoms with Gasteiger partial charge in [0.2, 0.25) is 5.88 Å². The Bertz CT molecular complexity index is 775. The van der Waals surface area contributed by atoms with Gasteiger partial charge in [-0.25, -0.2) is 19.2 Å². The van der Waals surface area contributed by atoms with E-state index in [2.05, 4.69) is 10.1 Å². The summed E-state index contributed by atoms with van der Waals surface area (Å²) in [5.74, 6) is -0.0449. The van der Waals surface area contributed by atoms with Gasteiger partial charge in [0.05, 0.1) is 25.3 Å². The van der Waals surface area contributed by atoms with Crippen molar-refractivity contribution in [3.05, 3.63) is 60.0 Å². The van der Waals surface area contributed by atoms with E-state index >= 15 is 0 Å². The topological polar surface area (TPSA) is 58.0 Å². The number of rotatable bonds is 3. The van der Waals surface area contributed by atoms with E-state index in [1.807, 2.05) is 30.3 Å². The van der Waals surface area contributed by atoms with Gasteiger partial charge in [0.25, 0.3) is 0 Å². The van der Waals surface area contributed by atoms with E-state index in [-0.39, 0.29) is 18.2 Å². The van der Waals surface area contributed by atoms with Crippen LogP contribution in [0.1, 0.15) is 18.0 Å². The third-order valence-electron chi connectivity index (χ3n) is 4.32. The SMILES string of the molecule is O=C(N1CC(Oc2ccc(F)cn2)C1)N1N=CCC1c1ccccc1. The van der Waals surface area contributed by atoms with E-state index in [1.165, 1.54) is 17.1 Å². The Kier molecular flexibility index (Phi) is 4.05. The second-order valence-corrected chi connectivity index (χ2v) is 6.05. The zero-order valence-electron chi connectivity index (χ0n) is 13.5. The predicted octanol–water partition coefficient (Wildman–Crippen LogP) is 2.84. The van der Waals surface area contributed by atoms with Gasteiger partial charge in [0.1, 0.15) is 11.9 Å². The minimum absolute atomic E-state index is 0.0626. The summed E-state index contributed by atoms with van der Waals surface area (Å²) in [6.07, 6.45) is 3.46. The van der Waals surface area contributed by atoms with Gasteiger partial charge in [-0.15, -0.1) is 0 Å². The molecule has 0 aliphatic carbocycles. The van der Waals surface area contributed by atoms with Gasteiger partial charge in [-0.3, -0.25) is 0 Å². The maximum atomic E-state index is 12.8. The molecular formula is C18H17FN4O2. The fraction of sp³-hybridized carbons (Fsp3) is 0.278. The normalized spacial score (nSPS) is 19.8. The summed E-state index contributed by atoms with van der Waals surface area (Å²) < 4.78 is 18.5. The number of aromatic nitrogens is 1. The third-order valence-corrected chi connectivity index (χ3v) is 4.32. The maximum Gasteiger partial charge on any atom is 0.341 e. The first-order valence-electron chi connectivity index (χ1n) is 8.14. The minimum atomic E-state index is -0.406. The molecule has 128 valence electrons. The van der Waals surface area contributed by atoms with Crippen molar-refractivity contribution in [1.82, 2.24) is 14.9 Å². The maximum absolute atomic E-state index is 12.8. The molecule has 2 aromatic rings. The fourth-order valence-corrected chi connectivity index (χ4v) is 2.97. The van der Waals surface area contributed by atoms with Gasteiger partial charge in [0, 0.05) is 18.7 Å². The molecule has 1 saturated heterocycles. The number of carbonyl (C=O) groups excluding carboxylic acids is 1. The number of hydrogen-bond acceptors (Lipinski definition) is 4. The molecule has 1 unspecified atom stereocenters. The lowest BCUT2D eigenvalue weighted by molar-refractivity contribution is 0.0252. The fourth-order valence-electron chi connectivity index (χ4n) is 2.97. The Balaban J connectivity index is 1.35. The van der Waals surface area contributed by atoms with Gasteiger partial charge >= 0.3 is 6.03 Å². The van der Waals surface area contributed by atoms with Crippen LogP contribution in [0, 0.1) is 5.82 Å². The highest BCUT2D eigenvalue weighted by molar-refractivity contribution is 5.79. The molecule has 6 nitrogen and oxygen atoms in total. The molecule has 2 amide bonds. The molecule has 2 aliphatic heterocycles. The van der Waals surface area contributed by atoms with Crippen molar-refractivity contribution in [2.75, 3.05) is 13.1 Å². The van der Waals surface area contributed by atoms with Crippen LogP contribution in [0.5, 0.6) is 5.88 Å². The van der Waals surface area contributed by atoms with Crippen molar-refractivity contribution in [2.24, 2.45) is 5.10 Å². The molecule has 0 spiro atoms. The Labute approximate surface area is 144 Å². The van der Waals surface area contributed by atoms with Crippen molar-refractivity contribution >= 4 is 12.2 Å². The summed E-state index contributed by atoms with van der Waals surface area (Å²) in [4.78, 5) is 18.2. The number of likely N-dealkylation sites (tertiary alicyclic amines) is 1. The molecule has 0 N–H and O–H groups in total. The van der Waals surface area contributed by atoms with Crippen LogP contribution in [-0.4, -0.2) is 46.3 Å². The summed E-state index contributed by atoms with van der Waals surface area (Å²) in [7, 11) is 0. The first kappa shape index (κ1) is 15.6. The number of pyridine rings is 1. The number of halogens is 1. The van der Waals surface area contributed by atoms with Crippen molar-refractivity contribution in [2.45, 2.75) is 18.6 Å². The second-order valence-electron chi connectivity index (χ2n) is 6.05. The lowest BCUT2D eigenvalue weighted by Crippen LogP contribution is -2.58. The van der Waals surface area contributed by atoms with Crippen LogP contribution in [0.25, 0.3) is 0 Å². The zero-order chi connectivity index (χ0) is 17.2. The summed E-state index contributed by atoms with van der Waals surface area (Å²) in [6.45, 7) is 0.927. The molecule has 1 aromatic carbocycles. The van der Waals surface area contributed by atoms with Crippen LogP contribution in [-0.2, 0) is 0 Å². The van der Waals surface area contributed by atoms with E-state index in [9.17, 15) is 9.18 Å². The molecule has 1 atom stereocenters. The van der Waals surface area contributed by atoms with Gasteiger partial charge in [-0.2, -0.15) is 5.10 Å². The van der Waals surface area contributed by atoms with Crippen LogP contribution in [0.15, 0.2) is 53.8 Å². The second kappa shape index (κ2) is 6.51. The summed E-state index contributed by atoms with van der Waals surface area (Å²) in [5.41, 5.74) is 1.07. The number of ether oxygens (including phenoxy) is 1. The highest BCUT2D eigenvalue weighted by Gasteiger charge is 2.38. The zero-order valence-corrected chi connectivity index (χ0v) is 13.5. The molecule has 25 heavy (non-hydrogen) atoms. The molecule has 0 bridgehead atoms. The highest BCUT2D eigenvalue weighted by atomic mass is 19.1. The first-order valence-corrected chi connectivity index (χ1v) is 8.14. The summed E-state index contributed by atoms with van der Waals surface area (Å²) >= 11 is 0. The summed E-state index contributed by atoms with van der Waals surface area (Å²) in [6, 6.07) is 12.5. The highest BCUT2D eigenvalue weighted by Crippen LogP contribution is 2.30. The molecule has 3 heterocycles.